The molecule has 0 aliphatic heterocycles. The van der Waals surface area contributed by atoms with Crippen molar-refractivity contribution in [2.24, 2.45) is 5.84 Å². The largest absolute Gasteiger partial charge is 0.339 e. The highest BCUT2D eigenvalue weighted by Crippen LogP contribution is 2.29. The average Bonchev–Trinajstić information content (AvgIpc) is 2.38. The molecule has 9 heteroatoms. The molecule has 0 saturated carbocycles. The number of nitrogens with two attached hydrogens (primary N) is 1. The van der Waals surface area contributed by atoms with Crippen molar-refractivity contribution in [2.75, 3.05) is 10.7 Å². The molecule has 0 amide bonds. The zero-order valence-corrected chi connectivity index (χ0v) is 10.8. The minimum absolute atomic E-state index is 0.00114. The predicted molar refractivity (Wildman–Crippen MR) is 67.1 cm³/mol. The number of hydrogen-bond acceptors (Lipinski definition) is 5. The molecule has 1 heterocycles. The lowest BCUT2D eigenvalue weighted by Crippen LogP contribution is -2.10. The predicted octanol–water partition coefficient (Wildman–Crippen LogP) is 2.69. The van der Waals surface area contributed by atoms with Crippen molar-refractivity contribution in [3.63, 3.8) is 0 Å². The van der Waals surface area contributed by atoms with E-state index in [9.17, 15) is 13.2 Å². The third-order valence-corrected chi connectivity index (χ3v) is 2.92. The van der Waals surface area contributed by atoms with Gasteiger partial charge in [0, 0.05) is 17.8 Å². The lowest BCUT2D eigenvalue weighted by atomic mass is 10.3. The minimum atomic E-state index is -1.53. The number of nitrogen functional groups attached to an aromatic ring is 1. The van der Waals surface area contributed by atoms with Crippen LogP contribution >= 0.6 is 15.9 Å². The van der Waals surface area contributed by atoms with E-state index in [2.05, 4.69) is 36.6 Å². The van der Waals surface area contributed by atoms with E-state index in [1.165, 1.54) is 6.33 Å². The summed E-state index contributed by atoms with van der Waals surface area (Å²) in [6.07, 6.45) is 1.19. The van der Waals surface area contributed by atoms with Crippen LogP contribution in [0.3, 0.4) is 0 Å². The first-order chi connectivity index (χ1) is 9.02. The summed E-state index contributed by atoms with van der Waals surface area (Å²) in [6, 6.07) is 1.62. The summed E-state index contributed by atoms with van der Waals surface area (Å²) in [4.78, 5) is 7.67. The topological polar surface area (TPSA) is 75.9 Å². The second-order valence-electron chi connectivity index (χ2n) is 3.41. The van der Waals surface area contributed by atoms with Crippen LogP contribution in [-0.4, -0.2) is 9.97 Å². The van der Waals surface area contributed by atoms with Crippen molar-refractivity contribution in [2.45, 2.75) is 0 Å². The van der Waals surface area contributed by atoms with Crippen LogP contribution in [0.2, 0.25) is 0 Å². The number of halogens is 4. The summed E-state index contributed by atoms with van der Waals surface area (Å²) in [5.41, 5.74) is 2.31. The number of anilines is 3. The van der Waals surface area contributed by atoms with Crippen LogP contribution in [0.1, 0.15) is 0 Å². The number of nitrogens with zero attached hydrogens (tertiary/aromatic N) is 2. The first-order valence-corrected chi connectivity index (χ1v) is 5.71. The van der Waals surface area contributed by atoms with Gasteiger partial charge in [-0.15, -0.1) is 0 Å². The molecule has 0 unspecified atom stereocenters. The van der Waals surface area contributed by atoms with E-state index < -0.39 is 17.5 Å². The fourth-order valence-corrected chi connectivity index (χ4v) is 1.74. The number of hydrogen-bond donors (Lipinski definition) is 3. The van der Waals surface area contributed by atoms with Gasteiger partial charge in [0.05, 0.1) is 0 Å². The van der Waals surface area contributed by atoms with Gasteiger partial charge in [0.2, 0.25) is 0 Å². The van der Waals surface area contributed by atoms with E-state index in [0.29, 0.717) is 4.47 Å². The maximum Gasteiger partial charge on any atom is 0.194 e. The molecule has 100 valence electrons. The van der Waals surface area contributed by atoms with Gasteiger partial charge in [0.15, 0.2) is 23.3 Å². The molecule has 0 bridgehead atoms. The number of hydrazine groups is 1. The zero-order chi connectivity index (χ0) is 14.0. The van der Waals surface area contributed by atoms with E-state index >= 15 is 0 Å². The average molecular weight is 334 g/mol. The summed E-state index contributed by atoms with van der Waals surface area (Å²) in [7, 11) is 0. The Kier molecular flexibility index (Phi) is 3.86. The molecule has 0 saturated heterocycles. The molecule has 4 N–H and O–H groups in total. The van der Waals surface area contributed by atoms with Crippen LogP contribution in [0.15, 0.2) is 22.9 Å². The van der Waals surface area contributed by atoms with E-state index in [-0.39, 0.29) is 17.3 Å². The Morgan fingerprint density at radius 1 is 1.05 bits per heavy atom. The van der Waals surface area contributed by atoms with Gasteiger partial charge in [-0.05, 0) is 15.9 Å². The monoisotopic (exact) mass is 333 g/mol. The van der Waals surface area contributed by atoms with Gasteiger partial charge in [0.25, 0.3) is 0 Å². The van der Waals surface area contributed by atoms with Gasteiger partial charge in [-0.2, -0.15) is 0 Å². The third-order valence-electron chi connectivity index (χ3n) is 2.17. The fraction of sp³-hybridized carbons (Fsp3) is 0. The first kappa shape index (κ1) is 13.6. The van der Waals surface area contributed by atoms with Gasteiger partial charge >= 0.3 is 0 Å². The van der Waals surface area contributed by atoms with Crippen molar-refractivity contribution in [1.29, 1.82) is 0 Å². The Balaban J connectivity index is 2.36. The quantitative estimate of drug-likeness (QED) is 0.457. The molecule has 0 spiro atoms. The molecule has 1 aromatic heterocycles. The van der Waals surface area contributed by atoms with E-state index in [4.69, 9.17) is 5.84 Å². The Bertz CT molecular complexity index is 599. The number of rotatable bonds is 3. The number of benzene rings is 1. The van der Waals surface area contributed by atoms with Gasteiger partial charge in [-0.25, -0.2) is 29.0 Å². The molecular weight excluding hydrogens is 327 g/mol. The molecule has 19 heavy (non-hydrogen) atoms. The van der Waals surface area contributed by atoms with Gasteiger partial charge in [-0.1, -0.05) is 0 Å². The lowest BCUT2D eigenvalue weighted by Gasteiger charge is -2.10. The standard InChI is InChI=1S/C10H7BrF3N5/c11-7-9(16-3-17-10(7)19-15)18-4-1-5(12)8(14)6(13)2-4/h1-3H,15H2,(H2,16,17,18,19). The van der Waals surface area contributed by atoms with Crippen molar-refractivity contribution < 1.29 is 13.2 Å². The minimum Gasteiger partial charge on any atom is -0.339 e. The van der Waals surface area contributed by atoms with E-state index in [0.717, 1.165) is 12.1 Å². The van der Waals surface area contributed by atoms with E-state index in [1.807, 2.05) is 0 Å². The van der Waals surface area contributed by atoms with Gasteiger partial charge in [0.1, 0.15) is 16.6 Å². The van der Waals surface area contributed by atoms with Gasteiger partial charge in [-0.3, -0.25) is 0 Å². The highest BCUT2D eigenvalue weighted by Gasteiger charge is 2.13. The first-order valence-electron chi connectivity index (χ1n) is 4.91. The fourth-order valence-electron chi connectivity index (χ4n) is 1.32. The molecule has 0 aliphatic carbocycles. The van der Waals surface area contributed by atoms with Crippen molar-refractivity contribution in [1.82, 2.24) is 9.97 Å². The Morgan fingerprint density at radius 3 is 2.21 bits per heavy atom. The summed E-state index contributed by atoms with van der Waals surface area (Å²) in [5.74, 6) is 1.57. The highest BCUT2D eigenvalue weighted by molar-refractivity contribution is 9.10. The molecule has 2 rings (SSSR count). The van der Waals surface area contributed by atoms with Crippen LogP contribution in [0.5, 0.6) is 0 Å². The molecule has 0 aliphatic rings. The second kappa shape index (κ2) is 5.41. The normalized spacial score (nSPS) is 10.4. The maximum atomic E-state index is 13.1. The van der Waals surface area contributed by atoms with E-state index in [1.54, 1.807) is 0 Å². The summed E-state index contributed by atoms with van der Waals surface area (Å²) >= 11 is 3.16. The Hall–Kier alpha value is -1.87. The SMILES string of the molecule is NNc1ncnc(Nc2cc(F)c(F)c(F)c2)c1Br. The number of aromatic nitrogens is 2. The Labute approximate surface area is 114 Å². The molecule has 0 atom stereocenters. The summed E-state index contributed by atoms with van der Waals surface area (Å²) < 4.78 is 39.3. The van der Waals surface area contributed by atoms with Crippen molar-refractivity contribution in [3.05, 3.63) is 40.4 Å². The summed E-state index contributed by atoms with van der Waals surface area (Å²) in [6.45, 7) is 0. The lowest BCUT2D eigenvalue weighted by molar-refractivity contribution is 0.448. The Morgan fingerprint density at radius 2 is 1.63 bits per heavy atom. The van der Waals surface area contributed by atoms with Crippen LogP contribution in [0.4, 0.5) is 30.5 Å². The smallest absolute Gasteiger partial charge is 0.194 e. The zero-order valence-electron chi connectivity index (χ0n) is 9.22. The van der Waals surface area contributed by atoms with Crippen LogP contribution in [0.25, 0.3) is 0 Å². The molecule has 5 nitrogen and oxygen atoms in total. The molecule has 1 aromatic carbocycles. The maximum absolute atomic E-state index is 13.1. The van der Waals surface area contributed by atoms with Crippen LogP contribution < -0.4 is 16.6 Å². The highest BCUT2D eigenvalue weighted by atomic mass is 79.9. The number of nitrogens with one attached hydrogen (secondary N) is 2. The van der Waals surface area contributed by atoms with Crippen LogP contribution in [0, 0.1) is 17.5 Å². The molecule has 0 fully saturated rings. The third kappa shape index (κ3) is 2.76. The van der Waals surface area contributed by atoms with Gasteiger partial charge < -0.3 is 10.7 Å². The van der Waals surface area contributed by atoms with Crippen molar-refractivity contribution >= 4 is 33.3 Å². The molecule has 0 radical (unpaired) electrons. The van der Waals surface area contributed by atoms with Crippen LogP contribution in [-0.2, 0) is 0 Å². The molecule has 2 aromatic rings. The summed E-state index contributed by atoms with van der Waals surface area (Å²) in [5, 5.41) is 2.62. The van der Waals surface area contributed by atoms with Crippen molar-refractivity contribution in [3.8, 4) is 0 Å². The molecular formula is C10H7BrF3N5. The second-order valence-corrected chi connectivity index (χ2v) is 4.20.